The number of methoxy groups -OCH3 is 1. The second-order valence-corrected chi connectivity index (χ2v) is 5.98. The van der Waals surface area contributed by atoms with Crippen molar-refractivity contribution in [1.29, 1.82) is 0 Å². The number of ether oxygens (including phenoxy) is 2. The first-order valence-electron chi connectivity index (χ1n) is 6.13. The molecule has 1 fully saturated rings. The van der Waals surface area contributed by atoms with Crippen molar-refractivity contribution in [3.8, 4) is 5.75 Å². The molecule has 0 radical (unpaired) electrons. The highest BCUT2D eigenvalue weighted by molar-refractivity contribution is 9.10. The largest absolute Gasteiger partial charge is 0.496 e. The molecule has 1 saturated heterocycles. The predicted molar refractivity (Wildman–Crippen MR) is 74.6 cm³/mol. The number of carboxylic acids is 1. The number of rotatable bonds is 5. The molecule has 0 aliphatic carbocycles. The Labute approximate surface area is 120 Å². The van der Waals surface area contributed by atoms with Crippen LogP contribution < -0.4 is 4.74 Å². The molecule has 2 rings (SSSR count). The smallest absolute Gasteiger partial charge is 0.306 e. The van der Waals surface area contributed by atoms with Crippen LogP contribution in [0, 0.1) is 5.92 Å². The normalized spacial score (nSPS) is 18.5. The molecule has 1 N–H and O–H groups in total. The first-order valence-corrected chi connectivity index (χ1v) is 6.92. The van der Waals surface area contributed by atoms with E-state index in [-0.39, 0.29) is 5.41 Å². The third-order valence-electron chi connectivity index (χ3n) is 3.61. The minimum absolute atomic E-state index is 0.257. The lowest BCUT2D eigenvalue weighted by molar-refractivity contribution is -0.144. The van der Waals surface area contributed by atoms with Crippen molar-refractivity contribution in [3.63, 3.8) is 0 Å². The summed E-state index contributed by atoms with van der Waals surface area (Å²) in [6, 6.07) is 5.80. The highest BCUT2D eigenvalue weighted by Gasteiger charge is 2.44. The van der Waals surface area contributed by atoms with Crippen LogP contribution in [0.25, 0.3) is 0 Å². The summed E-state index contributed by atoms with van der Waals surface area (Å²) >= 11 is 3.45. The molecule has 0 saturated carbocycles. The summed E-state index contributed by atoms with van der Waals surface area (Å²) in [5.74, 6) is -0.406. The molecule has 5 heteroatoms. The third kappa shape index (κ3) is 2.77. The zero-order valence-corrected chi connectivity index (χ0v) is 12.6. The Morgan fingerprint density at radius 3 is 2.74 bits per heavy atom. The molecule has 1 aliphatic rings. The molecule has 0 spiro atoms. The number of aliphatic carboxylic acids is 1. The second kappa shape index (κ2) is 5.51. The fraction of sp³-hybridized carbons (Fsp3) is 0.500. The van der Waals surface area contributed by atoms with Crippen LogP contribution in [0.4, 0.5) is 0 Å². The Morgan fingerprint density at radius 2 is 2.26 bits per heavy atom. The number of hydrogen-bond acceptors (Lipinski definition) is 3. The van der Waals surface area contributed by atoms with Crippen molar-refractivity contribution < 1.29 is 19.4 Å². The van der Waals surface area contributed by atoms with Crippen LogP contribution in [-0.2, 0) is 14.9 Å². The molecular weight excluding hydrogens is 312 g/mol. The maximum Gasteiger partial charge on any atom is 0.306 e. The minimum Gasteiger partial charge on any atom is -0.496 e. The lowest BCUT2D eigenvalue weighted by atomic mass is 9.72. The van der Waals surface area contributed by atoms with E-state index in [1.165, 1.54) is 0 Å². The molecule has 1 aliphatic heterocycles. The molecule has 0 amide bonds. The SMILES string of the molecule is COc1ccc(Br)cc1C1(CC(C)C(=O)O)COC1. The lowest BCUT2D eigenvalue weighted by Crippen LogP contribution is -2.48. The van der Waals surface area contributed by atoms with Crippen molar-refractivity contribution in [2.24, 2.45) is 5.92 Å². The van der Waals surface area contributed by atoms with E-state index in [0.29, 0.717) is 19.6 Å². The van der Waals surface area contributed by atoms with Gasteiger partial charge in [-0.2, -0.15) is 0 Å². The first-order chi connectivity index (χ1) is 8.98. The molecule has 1 aromatic rings. The molecule has 1 atom stereocenters. The van der Waals surface area contributed by atoms with E-state index in [2.05, 4.69) is 15.9 Å². The van der Waals surface area contributed by atoms with Gasteiger partial charge in [-0.3, -0.25) is 4.79 Å². The van der Waals surface area contributed by atoms with Crippen molar-refractivity contribution in [3.05, 3.63) is 28.2 Å². The molecule has 4 nitrogen and oxygen atoms in total. The minimum atomic E-state index is -0.778. The van der Waals surface area contributed by atoms with E-state index < -0.39 is 11.9 Å². The van der Waals surface area contributed by atoms with E-state index in [9.17, 15) is 4.79 Å². The van der Waals surface area contributed by atoms with Gasteiger partial charge in [0.05, 0.1) is 26.2 Å². The number of carbonyl (C=O) groups is 1. The summed E-state index contributed by atoms with van der Waals surface area (Å²) in [7, 11) is 1.63. The highest BCUT2D eigenvalue weighted by atomic mass is 79.9. The van der Waals surface area contributed by atoms with Crippen LogP contribution in [0.1, 0.15) is 18.9 Å². The Hall–Kier alpha value is -1.07. The van der Waals surface area contributed by atoms with Crippen molar-refractivity contribution in [2.75, 3.05) is 20.3 Å². The van der Waals surface area contributed by atoms with Gasteiger partial charge in [0.25, 0.3) is 0 Å². The van der Waals surface area contributed by atoms with Crippen LogP contribution in [0.15, 0.2) is 22.7 Å². The number of benzene rings is 1. The first kappa shape index (κ1) is 14.3. The summed E-state index contributed by atoms with van der Waals surface area (Å²) in [4.78, 5) is 11.1. The average molecular weight is 329 g/mol. The molecule has 0 bridgehead atoms. The molecule has 1 unspecified atom stereocenters. The van der Waals surface area contributed by atoms with E-state index in [1.54, 1.807) is 14.0 Å². The lowest BCUT2D eigenvalue weighted by Gasteiger charge is -2.43. The predicted octanol–water partition coefficient (Wildman–Crippen LogP) is 2.84. The topological polar surface area (TPSA) is 55.8 Å². The van der Waals surface area contributed by atoms with Gasteiger partial charge in [0.2, 0.25) is 0 Å². The van der Waals surface area contributed by atoms with Gasteiger partial charge in [0.15, 0.2) is 0 Å². The number of hydrogen-bond donors (Lipinski definition) is 1. The Bertz CT molecular complexity index is 482. The number of carboxylic acid groups (broad SMARTS) is 1. The van der Waals surface area contributed by atoms with Crippen LogP contribution in [0.2, 0.25) is 0 Å². The van der Waals surface area contributed by atoms with Gasteiger partial charge < -0.3 is 14.6 Å². The Morgan fingerprint density at radius 1 is 1.58 bits per heavy atom. The summed E-state index contributed by atoms with van der Waals surface area (Å²) in [6.07, 6.45) is 0.551. The average Bonchev–Trinajstić information content (AvgIpc) is 2.33. The van der Waals surface area contributed by atoms with Crippen LogP contribution >= 0.6 is 15.9 Å². The molecule has 0 aromatic heterocycles. The van der Waals surface area contributed by atoms with E-state index >= 15 is 0 Å². The monoisotopic (exact) mass is 328 g/mol. The van der Waals surface area contributed by atoms with Crippen molar-refractivity contribution in [1.82, 2.24) is 0 Å². The molecule has 104 valence electrons. The van der Waals surface area contributed by atoms with Crippen LogP contribution in [0.3, 0.4) is 0 Å². The van der Waals surface area contributed by atoms with Crippen molar-refractivity contribution >= 4 is 21.9 Å². The second-order valence-electron chi connectivity index (χ2n) is 5.06. The summed E-state index contributed by atoms with van der Waals surface area (Å²) in [5, 5.41) is 9.11. The molecule has 1 aromatic carbocycles. The fourth-order valence-corrected chi connectivity index (χ4v) is 2.86. The van der Waals surface area contributed by atoms with Gasteiger partial charge in [-0.05, 0) is 24.6 Å². The number of halogens is 1. The van der Waals surface area contributed by atoms with Crippen LogP contribution in [-0.4, -0.2) is 31.4 Å². The van der Waals surface area contributed by atoms with Gasteiger partial charge in [0.1, 0.15) is 5.75 Å². The van der Waals surface area contributed by atoms with Gasteiger partial charge in [-0.25, -0.2) is 0 Å². The summed E-state index contributed by atoms with van der Waals surface area (Å²) in [5.41, 5.74) is 0.760. The van der Waals surface area contributed by atoms with E-state index in [0.717, 1.165) is 15.8 Å². The molecular formula is C14H17BrO4. The standard InChI is InChI=1S/C14H17BrO4/c1-9(13(16)17)6-14(7-19-8-14)11-5-10(15)3-4-12(11)18-2/h3-5,9H,6-8H2,1-2H3,(H,16,17). The Balaban J connectivity index is 2.35. The van der Waals surface area contributed by atoms with E-state index in [4.69, 9.17) is 14.6 Å². The van der Waals surface area contributed by atoms with Crippen LogP contribution in [0.5, 0.6) is 5.75 Å². The van der Waals surface area contributed by atoms with Gasteiger partial charge in [-0.1, -0.05) is 22.9 Å². The van der Waals surface area contributed by atoms with Gasteiger partial charge in [0, 0.05) is 15.5 Å². The van der Waals surface area contributed by atoms with E-state index in [1.807, 2.05) is 18.2 Å². The van der Waals surface area contributed by atoms with Gasteiger partial charge in [-0.15, -0.1) is 0 Å². The summed E-state index contributed by atoms with van der Waals surface area (Å²) < 4.78 is 11.7. The molecule has 1 heterocycles. The Kier molecular flexibility index (Phi) is 4.16. The zero-order chi connectivity index (χ0) is 14.0. The molecule has 19 heavy (non-hydrogen) atoms. The quantitative estimate of drug-likeness (QED) is 0.903. The maximum atomic E-state index is 11.1. The zero-order valence-electron chi connectivity index (χ0n) is 11.0. The van der Waals surface area contributed by atoms with Gasteiger partial charge >= 0.3 is 5.97 Å². The maximum absolute atomic E-state index is 11.1. The summed E-state index contributed by atoms with van der Waals surface area (Å²) in [6.45, 7) is 2.81. The fourth-order valence-electron chi connectivity index (χ4n) is 2.50. The van der Waals surface area contributed by atoms with Crippen molar-refractivity contribution in [2.45, 2.75) is 18.8 Å². The third-order valence-corrected chi connectivity index (χ3v) is 4.10. The highest BCUT2D eigenvalue weighted by Crippen LogP contribution is 2.43.